The first-order valence-electron chi connectivity index (χ1n) is 12.0. The third kappa shape index (κ3) is 8.91. The second kappa shape index (κ2) is 14.2. The maximum Gasteiger partial charge on any atom is 0.336 e. The van der Waals surface area contributed by atoms with Gasteiger partial charge in [-0.15, -0.1) is 0 Å². The lowest BCUT2D eigenvalue weighted by atomic mass is 10.0. The number of hydrogen-bond acceptors (Lipinski definition) is 4. The monoisotopic (exact) mass is 491 g/mol. The normalized spacial score (nSPS) is 9.54. The molecule has 0 bridgehead atoms. The molecule has 0 fully saturated rings. The van der Waals surface area contributed by atoms with Gasteiger partial charge in [0.1, 0.15) is 5.76 Å². The van der Waals surface area contributed by atoms with Crippen LogP contribution in [-0.4, -0.2) is 6.29 Å². The van der Waals surface area contributed by atoms with Crippen molar-refractivity contribution < 1.29 is 9.21 Å². The van der Waals surface area contributed by atoms with Gasteiger partial charge < -0.3 is 4.42 Å². The summed E-state index contributed by atoms with van der Waals surface area (Å²) >= 11 is 0. The van der Waals surface area contributed by atoms with Crippen LogP contribution in [0.5, 0.6) is 0 Å². The summed E-state index contributed by atoms with van der Waals surface area (Å²) in [5.74, 6) is 0.667. The Bertz CT molecular complexity index is 1570. The van der Waals surface area contributed by atoms with Gasteiger partial charge in [-0.05, 0) is 85.0 Å². The van der Waals surface area contributed by atoms with Gasteiger partial charge in [0.2, 0.25) is 0 Å². The van der Waals surface area contributed by atoms with Gasteiger partial charge in [0.25, 0.3) is 0 Å². The topological polar surface area (TPSA) is 71.1 Å². The van der Waals surface area contributed by atoms with E-state index in [1.807, 2.05) is 50.2 Å². The summed E-state index contributed by atoms with van der Waals surface area (Å²) in [4.78, 5) is 21.3. The molecular weight excluding hydrogens is 458 g/mol. The second-order valence-electron chi connectivity index (χ2n) is 8.78. The molecule has 0 N–H and O–H groups in total. The number of nitrogens with zero attached hydrogens (tertiary/aromatic N) is 1. The van der Waals surface area contributed by atoms with Gasteiger partial charge in [-0.25, -0.2) is 4.79 Å². The van der Waals surface area contributed by atoms with Crippen molar-refractivity contribution in [1.82, 2.24) is 0 Å². The highest BCUT2D eigenvalue weighted by molar-refractivity contribution is 5.98. The second-order valence-corrected chi connectivity index (χ2v) is 8.78. The molecular formula is C33H33NO3. The first kappa shape index (κ1) is 28.7. The standard InChI is InChI=1S/C12H10O.C12H12.C7H8O2.C2H3N/c1-9-6-10-4-2-3-5-12(10)11(7-9)8-13;1-9-7-10(2)12-6-4-3-5-11(12)8-9;1-5-3-6(2)9-7(8)4-5;1-2-3/h2-8H,1H3;3-8H,1-2H3;3-4H,1-2H3;1H3. The minimum absolute atomic E-state index is 0.271. The summed E-state index contributed by atoms with van der Waals surface area (Å²) in [6.07, 6.45) is 0.912. The van der Waals surface area contributed by atoms with Gasteiger partial charge in [0.15, 0.2) is 6.29 Å². The van der Waals surface area contributed by atoms with Crippen LogP contribution in [0.15, 0.2) is 94.1 Å². The van der Waals surface area contributed by atoms with Crippen LogP contribution in [0, 0.1) is 45.9 Å². The molecule has 4 aromatic carbocycles. The number of hydrogen-bond donors (Lipinski definition) is 0. The summed E-state index contributed by atoms with van der Waals surface area (Å²) in [6.45, 7) is 11.4. The van der Waals surface area contributed by atoms with Gasteiger partial charge in [-0.2, -0.15) is 5.26 Å². The third-order valence-corrected chi connectivity index (χ3v) is 5.42. The van der Waals surface area contributed by atoms with Gasteiger partial charge in [-0.1, -0.05) is 72.3 Å². The molecule has 4 nitrogen and oxygen atoms in total. The molecule has 0 aliphatic heterocycles. The van der Waals surface area contributed by atoms with Gasteiger partial charge in [0.05, 0.1) is 6.07 Å². The molecule has 0 amide bonds. The van der Waals surface area contributed by atoms with Crippen molar-refractivity contribution in [3.8, 4) is 6.07 Å². The third-order valence-electron chi connectivity index (χ3n) is 5.42. The zero-order chi connectivity index (χ0) is 27.4. The van der Waals surface area contributed by atoms with Crippen LogP contribution in [0.2, 0.25) is 0 Å². The van der Waals surface area contributed by atoms with Crippen LogP contribution in [-0.2, 0) is 0 Å². The molecule has 0 saturated carbocycles. The Morgan fingerprint density at radius 1 is 0.703 bits per heavy atom. The van der Waals surface area contributed by atoms with E-state index in [9.17, 15) is 9.59 Å². The lowest BCUT2D eigenvalue weighted by Crippen LogP contribution is -1.97. The number of rotatable bonds is 1. The zero-order valence-corrected chi connectivity index (χ0v) is 22.3. The van der Waals surface area contributed by atoms with E-state index in [0.29, 0.717) is 5.76 Å². The molecule has 5 rings (SSSR count). The first-order valence-corrected chi connectivity index (χ1v) is 12.0. The predicted octanol–water partition coefficient (Wildman–Crippen LogP) is 8.20. The summed E-state index contributed by atoms with van der Waals surface area (Å²) in [7, 11) is 0. The smallest absolute Gasteiger partial charge is 0.336 e. The van der Waals surface area contributed by atoms with Crippen molar-refractivity contribution in [3.05, 3.63) is 129 Å². The Morgan fingerprint density at radius 3 is 1.73 bits per heavy atom. The Labute approximate surface area is 218 Å². The Kier molecular flexibility index (Phi) is 11.0. The average molecular weight is 492 g/mol. The minimum atomic E-state index is -0.271. The molecule has 4 heteroatoms. The number of aldehydes is 1. The van der Waals surface area contributed by atoms with E-state index in [2.05, 4.69) is 56.3 Å². The molecule has 0 unspecified atom stereocenters. The predicted molar refractivity (Wildman–Crippen MR) is 153 cm³/mol. The fraction of sp³-hybridized carbons (Fsp3) is 0.182. The number of carbonyl (C=O) groups excluding carboxylic acids is 1. The van der Waals surface area contributed by atoms with Gasteiger partial charge in [0, 0.05) is 18.6 Å². The van der Waals surface area contributed by atoms with E-state index in [4.69, 9.17) is 9.68 Å². The van der Waals surface area contributed by atoms with Gasteiger partial charge in [-0.3, -0.25) is 4.79 Å². The van der Waals surface area contributed by atoms with Crippen LogP contribution in [0.3, 0.4) is 0 Å². The highest BCUT2D eigenvalue weighted by Crippen LogP contribution is 2.20. The fourth-order valence-corrected chi connectivity index (χ4v) is 4.05. The minimum Gasteiger partial charge on any atom is -0.428 e. The van der Waals surface area contributed by atoms with Crippen molar-refractivity contribution in [2.24, 2.45) is 0 Å². The van der Waals surface area contributed by atoms with Crippen molar-refractivity contribution in [2.75, 3.05) is 0 Å². The number of nitriles is 1. The molecule has 5 aromatic rings. The van der Waals surface area contributed by atoms with E-state index in [1.165, 1.54) is 34.9 Å². The summed E-state index contributed by atoms with van der Waals surface area (Å²) < 4.78 is 4.70. The van der Waals surface area contributed by atoms with E-state index in [0.717, 1.165) is 33.7 Å². The molecule has 0 radical (unpaired) electrons. The van der Waals surface area contributed by atoms with Crippen molar-refractivity contribution in [1.29, 1.82) is 5.26 Å². The summed E-state index contributed by atoms with van der Waals surface area (Å²) in [5, 5.41) is 12.2. The number of fused-ring (bicyclic) bond motifs is 2. The van der Waals surface area contributed by atoms with Crippen LogP contribution < -0.4 is 5.63 Å². The van der Waals surface area contributed by atoms with Crippen LogP contribution >= 0.6 is 0 Å². The molecule has 0 spiro atoms. The Balaban J connectivity index is 0.000000188. The summed E-state index contributed by atoms with van der Waals surface area (Å²) in [5.41, 5.74) is 5.28. The molecule has 188 valence electrons. The zero-order valence-electron chi connectivity index (χ0n) is 22.3. The van der Waals surface area contributed by atoms with E-state index in [-0.39, 0.29) is 5.63 Å². The first-order chi connectivity index (χ1) is 17.7. The van der Waals surface area contributed by atoms with E-state index < -0.39 is 0 Å². The van der Waals surface area contributed by atoms with E-state index in [1.54, 1.807) is 13.0 Å². The van der Waals surface area contributed by atoms with Crippen LogP contribution in [0.1, 0.15) is 45.3 Å². The maximum absolute atomic E-state index is 10.8. The van der Waals surface area contributed by atoms with Crippen LogP contribution in [0.4, 0.5) is 0 Å². The average Bonchev–Trinajstić information content (AvgIpc) is 2.84. The molecule has 37 heavy (non-hydrogen) atoms. The fourth-order valence-electron chi connectivity index (χ4n) is 4.05. The Hall–Kier alpha value is -4.49. The van der Waals surface area contributed by atoms with Crippen molar-refractivity contribution >= 4 is 27.8 Å². The Morgan fingerprint density at radius 2 is 1.19 bits per heavy atom. The molecule has 1 aromatic heterocycles. The van der Waals surface area contributed by atoms with Gasteiger partial charge >= 0.3 is 5.63 Å². The number of benzene rings is 4. The molecule has 0 aliphatic carbocycles. The molecule has 0 saturated heterocycles. The van der Waals surface area contributed by atoms with Crippen LogP contribution in [0.25, 0.3) is 21.5 Å². The maximum atomic E-state index is 10.8. The summed E-state index contributed by atoms with van der Waals surface area (Å²) in [6, 6.07) is 29.9. The largest absolute Gasteiger partial charge is 0.428 e. The molecule has 0 atom stereocenters. The van der Waals surface area contributed by atoms with Crippen molar-refractivity contribution in [3.63, 3.8) is 0 Å². The lowest BCUT2D eigenvalue weighted by Gasteiger charge is -2.02. The molecule has 1 heterocycles. The molecule has 0 aliphatic rings. The highest BCUT2D eigenvalue weighted by atomic mass is 16.4. The number of aryl methyl sites for hydroxylation is 5. The number of carbonyl (C=O) groups is 1. The highest BCUT2D eigenvalue weighted by Gasteiger charge is 1.99. The SMILES string of the molecule is CC#N.Cc1cc(C)c2ccccc2c1.Cc1cc(C)oc(=O)c1.Cc1cc(C=O)c2ccccc2c1. The lowest BCUT2D eigenvalue weighted by molar-refractivity contribution is 0.112. The van der Waals surface area contributed by atoms with E-state index >= 15 is 0 Å². The quantitative estimate of drug-likeness (QED) is 0.222. The van der Waals surface area contributed by atoms with Crippen molar-refractivity contribution in [2.45, 2.75) is 41.5 Å².